The van der Waals surface area contributed by atoms with E-state index in [1.54, 1.807) is 38.1 Å². The molecule has 0 radical (unpaired) electrons. The summed E-state index contributed by atoms with van der Waals surface area (Å²) in [4.78, 5) is 16.0. The zero-order chi connectivity index (χ0) is 28.1. The van der Waals surface area contributed by atoms with Gasteiger partial charge in [0.25, 0.3) is 5.56 Å². The molecule has 0 spiro atoms. The van der Waals surface area contributed by atoms with E-state index >= 15 is 0 Å². The Morgan fingerprint density at radius 1 is 0.875 bits per heavy atom. The van der Waals surface area contributed by atoms with Crippen LogP contribution in [0.25, 0.3) is 10.8 Å². The highest BCUT2D eigenvalue weighted by atomic mass is 19.1. The Kier molecular flexibility index (Phi) is 8.65. The van der Waals surface area contributed by atoms with Crippen LogP contribution in [-0.2, 0) is 12.8 Å². The number of fused-ring (bicyclic) bond motifs is 1. The number of aromatic nitrogens is 2. The minimum absolute atomic E-state index is 0.0234. The molecule has 0 aliphatic carbocycles. The van der Waals surface area contributed by atoms with Crippen LogP contribution in [0.4, 0.5) is 4.39 Å². The van der Waals surface area contributed by atoms with E-state index in [-0.39, 0.29) is 17.4 Å². The van der Waals surface area contributed by atoms with Gasteiger partial charge in [-0.1, -0.05) is 30.3 Å². The molecule has 210 valence electrons. The number of ether oxygens (including phenoxy) is 3. The van der Waals surface area contributed by atoms with E-state index in [0.29, 0.717) is 29.1 Å². The first-order valence-corrected chi connectivity index (χ1v) is 13.8. The van der Waals surface area contributed by atoms with Gasteiger partial charge in [0.2, 0.25) is 5.75 Å². The number of likely N-dealkylation sites (tertiary alicyclic amines) is 1. The van der Waals surface area contributed by atoms with Gasteiger partial charge < -0.3 is 19.1 Å². The van der Waals surface area contributed by atoms with Crippen molar-refractivity contribution >= 4 is 10.8 Å². The molecule has 1 aromatic heterocycles. The Labute approximate surface area is 234 Å². The predicted molar refractivity (Wildman–Crippen MR) is 154 cm³/mol. The van der Waals surface area contributed by atoms with Gasteiger partial charge in [-0.05, 0) is 73.7 Å². The molecule has 0 saturated carbocycles. The lowest BCUT2D eigenvalue weighted by atomic mass is 10.0. The van der Waals surface area contributed by atoms with Crippen LogP contribution in [0.5, 0.6) is 17.2 Å². The Bertz CT molecular complexity index is 1490. The van der Waals surface area contributed by atoms with Crippen molar-refractivity contribution in [1.82, 2.24) is 14.7 Å². The fourth-order valence-corrected chi connectivity index (χ4v) is 5.62. The van der Waals surface area contributed by atoms with Crippen LogP contribution in [0.3, 0.4) is 0 Å². The van der Waals surface area contributed by atoms with Gasteiger partial charge in [-0.15, -0.1) is 0 Å². The lowest BCUT2D eigenvalue weighted by Gasteiger charge is -2.21. The SMILES string of the molecule is COc1cc(CCN2CCCC(n3nc(Cc4ccc(F)cc4)c4ccccc4c3=O)CC2)cc(OC)c1OC. The van der Waals surface area contributed by atoms with Crippen molar-refractivity contribution in [2.24, 2.45) is 0 Å². The summed E-state index contributed by atoms with van der Waals surface area (Å²) in [6, 6.07) is 18.2. The van der Waals surface area contributed by atoms with Gasteiger partial charge in [0.1, 0.15) is 5.82 Å². The van der Waals surface area contributed by atoms with E-state index in [1.807, 2.05) is 36.4 Å². The van der Waals surface area contributed by atoms with Crippen molar-refractivity contribution in [2.75, 3.05) is 41.0 Å². The van der Waals surface area contributed by atoms with Crippen molar-refractivity contribution in [3.8, 4) is 17.2 Å². The summed E-state index contributed by atoms with van der Waals surface area (Å²) >= 11 is 0. The molecule has 1 fully saturated rings. The molecule has 1 aliphatic heterocycles. The Morgan fingerprint density at radius 3 is 2.25 bits per heavy atom. The third-order valence-electron chi connectivity index (χ3n) is 7.77. The summed E-state index contributed by atoms with van der Waals surface area (Å²) < 4.78 is 31.7. The quantitative estimate of drug-likeness (QED) is 0.280. The van der Waals surface area contributed by atoms with Crippen molar-refractivity contribution in [3.05, 3.63) is 93.7 Å². The van der Waals surface area contributed by atoms with E-state index < -0.39 is 0 Å². The Balaban J connectivity index is 1.33. The number of hydrogen-bond acceptors (Lipinski definition) is 6. The molecule has 0 N–H and O–H groups in total. The Hall–Kier alpha value is -3.91. The monoisotopic (exact) mass is 545 g/mol. The predicted octanol–water partition coefficient (Wildman–Crippen LogP) is 5.42. The molecule has 2 heterocycles. The summed E-state index contributed by atoms with van der Waals surface area (Å²) in [6.07, 6.45) is 4.10. The largest absolute Gasteiger partial charge is 0.493 e. The van der Waals surface area contributed by atoms with E-state index in [4.69, 9.17) is 19.3 Å². The van der Waals surface area contributed by atoms with E-state index in [1.165, 1.54) is 12.1 Å². The standard InChI is InChI=1S/C32H36FN3O4/c1-38-29-20-23(21-30(39-2)31(29)40-3)14-17-35-16-6-7-25(15-18-35)36-32(37)27-9-5-4-8-26(27)28(34-36)19-22-10-12-24(33)13-11-22/h4-5,8-13,20-21,25H,6-7,14-19H2,1-3H3. The zero-order valence-corrected chi connectivity index (χ0v) is 23.4. The summed E-state index contributed by atoms with van der Waals surface area (Å²) in [5, 5.41) is 6.44. The number of halogens is 1. The third-order valence-corrected chi connectivity index (χ3v) is 7.77. The maximum absolute atomic E-state index is 13.6. The van der Waals surface area contributed by atoms with Gasteiger partial charge in [0.15, 0.2) is 11.5 Å². The second-order valence-corrected chi connectivity index (χ2v) is 10.3. The van der Waals surface area contributed by atoms with E-state index in [0.717, 1.165) is 67.5 Å². The number of methoxy groups -OCH3 is 3. The molecule has 1 unspecified atom stereocenters. The van der Waals surface area contributed by atoms with Crippen molar-refractivity contribution < 1.29 is 18.6 Å². The molecule has 4 aromatic rings. The first kappa shape index (κ1) is 27.6. The molecule has 7 nitrogen and oxygen atoms in total. The second-order valence-electron chi connectivity index (χ2n) is 10.3. The van der Waals surface area contributed by atoms with Crippen LogP contribution >= 0.6 is 0 Å². The maximum atomic E-state index is 13.6. The van der Waals surface area contributed by atoms with Crippen LogP contribution in [0.15, 0.2) is 65.5 Å². The van der Waals surface area contributed by atoms with Crippen LogP contribution in [-0.4, -0.2) is 55.6 Å². The molecule has 1 aliphatic rings. The minimum Gasteiger partial charge on any atom is -0.493 e. The molecule has 3 aromatic carbocycles. The fraction of sp³-hybridized carbons (Fsp3) is 0.375. The fourth-order valence-electron chi connectivity index (χ4n) is 5.62. The highest BCUT2D eigenvalue weighted by molar-refractivity contribution is 5.83. The van der Waals surface area contributed by atoms with Gasteiger partial charge >= 0.3 is 0 Å². The normalized spacial score (nSPS) is 16.1. The summed E-state index contributed by atoms with van der Waals surface area (Å²) in [5.74, 6) is 1.65. The third kappa shape index (κ3) is 5.97. The minimum atomic E-state index is -0.264. The average molecular weight is 546 g/mol. The number of benzene rings is 3. The molecule has 1 atom stereocenters. The molecule has 0 amide bonds. The van der Waals surface area contributed by atoms with E-state index in [9.17, 15) is 9.18 Å². The first-order chi connectivity index (χ1) is 19.5. The molecule has 0 bridgehead atoms. The van der Waals surface area contributed by atoms with Crippen LogP contribution in [0.2, 0.25) is 0 Å². The maximum Gasteiger partial charge on any atom is 0.274 e. The second kappa shape index (κ2) is 12.5. The highest BCUT2D eigenvalue weighted by Crippen LogP contribution is 2.38. The van der Waals surface area contributed by atoms with E-state index in [2.05, 4.69) is 4.90 Å². The number of rotatable bonds is 9. The topological polar surface area (TPSA) is 65.8 Å². The van der Waals surface area contributed by atoms with Crippen LogP contribution in [0, 0.1) is 5.82 Å². The smallest absolute Gasteiger partial charge is 0.274 e. The lowest BCUT2D eigenvalue weighted by molar-refractivity contribution is 0.280. The lowest BCUT2D eigenvalue weighted by Crippen LogP contribution is -2.30. The molecule has 5 rings (SSSR count). The average Bonchev–Trinajstić information content (AvgIpc) is 3.23. The summed E-state index contributed by atoms with van der Waals surface area (Å²) in [5.41, 5.74) is 2.87. The zero-order valence-electron chi connectivity index (χ0n) is 23.4. The van der Waals surface area contributed by atoms with Crippen molar-refractivity contribution in [1.29, 1.82) is 0 Å². The van der Waals surface area contributed by atoms with Gasteiger partial charge in [0, 0.05) is 24.9 Å². The molecule has 8 heteroatoms. The highest BCUT2D eigenvalue weighted by Gasteiger charge is 2.23. The summed E-state index contributed by atoms with van der Waals surface area (Å²) in [6.45, 7) is 2.73. The number of hydrogen-bond donors (Lipinski definition) is 0. The molecule has 40 heavy (non-hydrogen) atoms. The van der Waals surface area contributed by atoms with Gasteiger partial charge in [-0.3, -0.25) is 4.79 Å². The number of nitrogens with zero attached hydrogens (tertiary/aromatic N) is 3. The van der Waals surface area contributed by atoms with Crippen LogP contribution < -0.4 is 19.8 Å². The Morgan fingerprint density at radius 2 is 1.57 bits per heavy atom. The van der Waals surface area contributed by atoms with Gasteiger partial charge in [-0.25, -0.2) is 9.07 Å². The summed E-state index contributed by atoms with van der Waals surface area (Å²) in [7, 11) is 4.86. The molecular formula is C32H36FN3O4. The van der Waals surface area contributed by atoms with Crippen LogP contribution in [0.1, 0.15) is 42.1 Å². The van der Waals surface area contributed by atoms with Gasteiger partial charge in [-0.2, -0.15) is 5.10 Å². The van der Waals surface area contributed by atoms with Crippen molar-refractivity contribution in [2.45, 2.75) is 38.1 Å². The van der Waals surface area contributed by atoms with Crippen molar-refractivity contribution in [3.63, 3.8) is 0 Å². The molecule has 1 saturated heterocycles. The molecular weight excluding hydrogens is 509 g/mol. The first-order valence-electron chi connectivity index (χ1n) is 13.8. The van der Waals surface area contributed by atoms with Gasteiger partial charge in [0.05, 0.1) is 38.5 Å².